The molecule has 0 fully saturated rings. The highest BCUT2D eigenvalue weighted by Gasteiger charge is 2.10. The second kappa shape index (κ2) is 11.6. The summed E-state index contributed by atoms with van der Waals surface area (Å²) in [6, 6.07) is 5.83. The Kier molecular flexibility index (Phi) is 9.10. The molecule has 2 rings (SSSR count). The summed E-state index contributed by atoms with van der Waals surface area (Å²) in [5.74, 6) is -0.984. The number of carbonyl (C=O) groups is 1. The number of hydrogen-bond acceptors (Lipinski definition) is 4. The standard InChI is InChI=1S/C21H27N3O2S2/c1-3-4-5-6-7-12-22-21(27)24(2)19-13-17(15-28-19)16-8-9-18(23-14-16)10-11-20(25)26/h8-11,13-15H,3-7,12H2,1-2H3,(H,22,27)(H,25,26). The van der Waals surface area contributed by atoms with E-state index in [1.165, 1.54) is 31.8 Å². The minimum atomic E-state index is -0.984. The van der Waals surface area contributed by atoms with E-state index in [1.54, 1.807) is 23.6 Å². The molecule has 0 aliphatic carbocycles. The molecule has 0 bridgehead atoms. The van der Waals surface area contributed by atoms with E-state index in [0.717, 1.165) is 40.3 Å². The number of pyridine rings is 1. The maximum Gasteiger partial charge on any atom is 0.328 e. The van der Waals surface area contributed by atoms with Crippen molar-refractivity contribution in [2.24, 2.45) is 0 Å². The van der Waals surface area contributed by atoms with Gasteiger partial charge in [-0.05, 0) is 42.4 Å². The average molecular weight is 418 g/mol. The van der Waals surface area contributed by atoms with Crippen molar-refractivity contribution in [1.82, 2.24) is 10.3 Å². The van der Waals surface area contributed by atoms with E-state index in [4.69, 9.17) is 17.3 Å². The van der Waals surface area contributed by atoms with Gasteiger partial charge in [-0.15, -0.1) is 11.3 Å². The zero-order valence-corrected chi connectivity index (χ0v) is 18.0. The number of nitrogens with one attached hydrogen (secondary N) is 1. The summed E-state index contributed by atoms with van der Waals surface area (Å²) in [7, 11) is 1.97. The highest BCUT2D eigenvalue weighted by molar-refractivity contribution is 7.80. The van der Waals surface area contributed by atoms with Crippen LogP contribution >= 0.6 is 23.6 Å². The van der Waals surface area contributed by atoms with E-state index in [9.17, 15) is 4.79 Å². The first-order chi connectivity index (χ1) is 13.5. The van der Waals surface area contributed by atoms with Gasteiger partial charge in [-0.25, -0.2) is 4.79 Å². The second-order valence-electron chi connectivity index (χ2n) is 6.52. The van der Waals surface area contributed by atoms with Gasteiger partial charge in [0.15, 0.2) is 5.11 Å². The quantitative estimate of drug-likeness (QED) is 0.315. The normalized spacial score (nSPS) is 10.9. The number of carboxylic acid groups (broad SMARTS) is 1. The molecule has 5 nitrogen and oxygen atoms in total. The van der Waals surface area contributed by atoms with Crippen LogP contribution in [0.25, 0.3) is 17.2 Å². The van der Waals surface area contributed by atoms with Gasteiger partial charge < -0.3 is 15.3 Å². The SMILES string of the molecule is CCCCCCCNC(=S)N(C)c1cc(-c2ccc(C=CC(=O)O)nc2)cs1. The van der Waals surface area contributed by atoms with Crippen LogP contribution in [-0.4, -0.2) is 34.8 Å². The molecule has 7 heteroatoms. The molecule has 0 radical (unpaired) electrons. The molecule has 150 valence electrons. The number of aliphatic carboxylic acids is 1. The summed E-state index contributed by atoms with van der Waals surface area (Å²) in [5.41, 5.74) is 2.66. The van der Waals surface area contributed by atoms with E-state index in [0.29, 0.717) is 5.69 Å². The fourth-order valence-corrected chi connectivity index (χ4v) is 3.78. The molecule has 2 aromatic rings. The Morgan fingerprint density at radius 1 is 1.29 bits per heavy atom. The molecular weight excluding hydrogens is 390 g/mol. The zero-order chi connectivity index (χ0) is 20.4. The first-order valence-electron chi connectivity index (χ1n) is 9.48. The topological polar surface area (TPSA) is 65.5 Å². The Hall–Kier alpha value is -2.25. The molecule has 0 aliphatic rings. The van der Waals surface area contributed by atoms with Crippen LogP contribution in [0.3, 0.4) is 0 Å². The van der Waals surface area contributed by atoms with Crippen molar-refractivity contribution >= 4 is 45.7 Å². The van der Waals surface area contributed by atoms with Crippen molar-refractivity contribution in [2.75, 3.05) is 18.5 Å². The third-order valence-electron chi connectivity index (χ3n) is 4.29. The molecule has 0 unspecified atom stereocenters. The van der Waals surface area contributed by atoms with Crippen LogP contribution < -0.4 is 10.2 Å². The van der Waals surface area contributed by atoms with E-state index in [-0.39, 0.29) is 0 Å². The fourth-order valence-electron chi connectivity index (χ4n) is 2.63. The minimum Gasteiger partial charge on any atom is -0.478 e. The Bertz CT molecular complexity index is 800. The number of rotatable bonds is 10. The van der Waals surface area contributed by atoms with E-state index in [1.807, 2.05) is 18.0 Å². The first kappa shape index (κ1) is 22.0. The number of anilines is 1. The van der Waals surface area contributed by atoms with E-state index in [2.05, 4.69) is 28.7 Å². The van der Waals surface area contributed by atoms with Crippen molar-refractivity contribution in [2.45, 2.75) is 39.0 Å². The lowest BCUT2D eigenvalue weighted by molar-refractivity contribution is -0.131. The third-order valence-corrected chi connectivity index (χ3v) is 5.72. The van der Waals surface area contributed by atoms with Crippen LogP contribution in [0.5, 0.6) is 0 Å². The minimum absolute atomic E-state index is 0.614. The van der Waals surface area contributed by atoms with Gasteiger partial charge in [-0.1, -0.05) is 38.7 Å². The number of thiophene rings is 1. The van der Waals surface area contributed by atoms with Crippen LogP contribution in [0, 0.1) is 0 Å². The Balaban J connectivity index is 1.90. The van der Waals surface area contributed by atoms with Crippen LogP contribution in [0.1, 0.15) is 44.7 Å². The summed E-state index contributed by atoms with van der Waals surface area (Å²) in [5, 5.41) is 15.9. The molecule has 0 spiro atoms. The van der Waals surface area contributed by atoms with Crippen LogP contribution in [0.4, 0.5) is 5.00 Å². The van der Waals surface area contributed by atoms with Gasteiger partial charge in [0.25, 0.3) is 0 Å². The lowest BCUT2D eigenvalue weighted by Crippen LogP contribution is -2.37. The predicted molar refractivity (Wildman–Crippen MR) is 122 cm³/mol. The van der Waals surface area contributed by atoms with Gasteiger partial charge >= 0.3 is 5.97 Å². The van der Waals surface area contributed by atoms with Crippen molar-refractivity contribution in [1.29, 1.82) is 0 Å². The molecule has 2 heterocycles. The summed E-state index contributed by atoms with van der Waals surface area (Å²) >= 11 is 7.13. The fraction of sp³-hybridized carbons (Fsp3) is 0.381. The van der Waals surface area contributed by atoms with Gasteiger partial charge in [-0.2, -0.15) is 0 Å². The number of unbranched alkanes of at least 4 members (excludes halogenated alkanes) is 4. The summed E-state index contributed by atoms with van der Waals surface area (Å²) in [6.07, 6.45) is 10.5. The summed E-state index contributed by atoms with van der Waals surface area (Å²) < 4.78 is 0. The molecule has 28 heavy (non-hydrogen) atoms. The number of carboxylic acids is 1. The molecule has 0 aromatic carbocycles. The van der Waals surface area contributed by atoms with Crippen molar-refractivity contribution in [3.05, 3.63) is 41.5 Å². The van der Waals surface area contributed by atoms with Crippen molar-refractivity contribution < 1.29 is 9.90 Å². The van der Waals surface area contributed by atoms with Gasteiger partial charge in [-0.3, -0.25) is 4.98 Å². The highest BCUT2D eigenvalue weighted by Crippen LogP contribution is 2.31. The second-order valence-corrected chi connectivity index (χ2v) is 7.80. The Labute approximate surface area is 176 Å². The molecule has 2 aromatic heterocycles. The molecule has 0 atom stereocenters. The van der Waals surface area contributed by atoms with Gasteiger partial charge in [0.05, 0.1) is 10.7 Å². The molecular formula is C21H27N3O2S2. The molecule has 0 aliphatic heterocycles. The lowest BCUT2D eigenvalue weighted by atomic mass is 10.1. The molecule has 0 saturated carbocycles. The predicted octanol–water partition coefficient (Wildman–Crippen LogP) is 5.19. The monoisotopic (exact) mass is 417 g/mol. The van der Waals surface area contributed by atoms with E-state index < -0.39 is 5.97 Å². The summed E-state index contributed by atoms with van der Waals surface area (Å²) in [6.45, 7) is 3.12. The van der Waals surface area contributed by atoms with Gasteiger partial charge in [0.1, 0.15) is 0 Å². The van der Waals surface area contributed by atoms with E-state index >= 15 is 0 Å². The average Bonchev–Trinajstić information content (AvgIpc) is 3.18. The summed E-state index contributed by atoms with van der Waals surface area (Å²) in [4.78, 5) is 16.9. The lowest BCUT2D eigenvalue weighted by Gasteiger charge is -2.19. The van der Waals surface area contributed by atoms with Gasteiger partial charge in [0.2, 0.25) is 0 Å². The van der Waals surface area contributed by atoms with Crippen molar-refractivity contribution in [3.8, 4) is 11.1 Å². The van der Waals surface area contributed by atoms with Gasteiger partial charge in [0, 0.05) is 36.8 Å². The van der Waals surface area contributed by atoms with Crippen LogP contribution in [0.15, 0.2) is 35.9 Å². The Morgan fingerprint density at radius 3 is 2.75 bits per heavy atom. The van der Waals surface area contributed by atoms with Crippen molar-refractivity contribution in [3.63, 3.8) is 0 Å². The largest absolute Gasteiger partial charge is 0.478 e. The smallest absolute Gasteiger partial charge is 0.328 e. The first-order valence-corrected chi connectivity index (χ1v) is 10.8. The Morgan fingerprint density at radius 2 is 2.07 bits per heavy atom. The third kappa shape index (κ3) is 7.05. The molecule has 0 amide bonds. The van der Waals surface area contributed by atoms with Crippen LogP contribution in [-0.2, 0) is 4.79 Å². The number of nitrogens with zero attached hydrogens (tertiary/aromatic N) is 2. The maximum absolute atomic E-state index is 10.6. The maximum atomic E-state index is 10.6. The highest BCUT2D eigenvalue weighted by atomic mass is 32.1. The van der Waals surface area contributed by atoms with Crippen LogP contribution in [0.2, 0.25) is 0 Å². The number of thiocarbonyl (C=S) groups is 1. The number of aromatic nitrogens is 1. The molecule has 2 N–H and O–H groups in total. The zero-order valence-electron chi connectivity index (χ0n) is 16.4. The number of hydrogen-bond donors (Lipinski definition) is 2. The molecule has 0 saturated heterocycles.